The summed E-state index contributed by atoms with van der Waals surface area (Å²) in [5.41, 5.74) is -0.426. The number of aliphatic hydroxyl groups is 3. The van der Waals surface area contributed by atoms with Crippen molar-refractivity contribution >= 4 is 5.97 Å². The lowest BCUT2D eigenvalue weighted by molar-refractivity contribution is -0.139. The van der Waals surface area contributed by atoms with Gasteiger partial charge >= 0.3 is 5.97 Å². The number of rotatable bonds is 4. The first-order valence-corrected chi connectivity index (χ1v) is 7.70. The lowest BCUT2D eigenvalue weighted by Crippen LogP contribution is -2.52. The molecule has 0 aliphatic heterocycles. The van der Waals surface area contributed by atoms with Gasteiger partial charge in [-0.25, -0.2) is 4.79 Å². The Morgan fingerprint density at radius 3 is 2.76 bits per heavy atom. The molecule has 1 fully saturated rings. The standard InChI is InChI=1S/C16H26O5/c1-10(8-17)12-5-6-16(20,9-18)14-4-3-11(7-13(12)14)15(19)21-2/h7,10,12-14,17-18,20H,3-6,8-9H2,1-2H3. The second-order valence-electron chi connectivity index (χ2n) is 6.53. The van der Waals surface area contributed by atoms with Crippen molar-refractivity contribution in [3.05, 3.63) is 11.6 Å². The molecule has 2 aliphatic carbocycles. The molecule has 5 unspecified atom stereocenters. The number of carbonyl (C=O) groups is 1. The fraction of sp³-hybridized carbons (Fsp3) is 0.812. The molecule has 0 aromatic rings. The minimum atomic E-state index is -1.07. The summed E-state index contributed by atoms with van der Waals surface area (Å²) < 4.78 is 4.80. The minimum Gasteiger partial charge on any atom is -0.466 e. The van der Waals surface area contributed by atoms with Gasteiger partial charge < -0.3 is 20.1 Å². The van der Waals surface area contributed by atoms with E-state index in [0.29, 0.717) is 24.8 Å². The predicted molar refractivity (Wildman–Crippen MR) is 77.3 cm³/mol. The molecule has 0 saturated heterocycles. The number of ether oxygens (including phenoxy) is 1. The van der Waals surface area contributed by atoms with Crippen molar-refractivity contribution in [3.8, 4) is 0 Å². The van der Waals surface area contributed by atoms with Crippen LogP contribution < -0.4 is 0 Å². The predicted octanol–water partition coefficient (Wildman–Crippen LogP) is 0.874. The van der Waals surface area contributed by atoms with E-state index in [4.69, 9.17) is 4.74 Å². The fourth-order valence-corrected chi connectivity index (χ4v) is 4.08. The molecule has 5 atom stereocenters. The van der Waals surface area contributed by atoms with Gasteiger partial charge in [0.05, 0.1) is 19.3 Å². The molecule has 0 aromatic heterocycles. The maximum atomic E-state index is 11.8. The largest absolute Gasteiger partial charge is 0.466 e. The highest BCUT2D eigenvalue weighted by atomic mass is 16.5. The Hall–Kier alpha value is -0.910. The van der Waals surface area contributed by atoms with Gasteiger partial charge in [-0.2, -0.15) is 0 Å². The number of hydrogen-bond acceptors (Lipinski definition) is 5. The van der Waals surface area contributed by atoms with Gasteiger partial charge in [0.25, 0.3) is 0 Å². The van der Waals surface area contributed by atoms with Crippen LogP contribution in [0.15, 0.2) is 11.6 Å². The van der Waals surface area contributed by atoms with Crippen molar-refractivity contribution in [3.63, 3.8) is 0 Å². The Balaban J connectivity index is 2.32. The molecule has 5 heteroatoms. The van der Waals surface area contributed by atoms with Crippen LogP contribution in [-0.4, -0.2) is 47.2 Å². The van der Waals surface area contributed by atoms with Gasteiger partial charge in [-0.05, 0) is 49.4 Å². The third-order valence-corrected chi connectivity index (χ3v) is 5.42. The molecule has 2 aliphatic rings. The van der Waals surface area contributed by atoms with Gasteiger partial charge in [0.2, 0.25) is 0 Å². The maximum Gasteiger partial charge on any atom is 0.333 e. The number of hydrogen-bond donors (Lipinski definition) is 3. The molecule has 5 nitrogen and oxygen atoms in total. The van der Waals surface area contributed by atoms with Crippen molar-refractivity contribution < 1.29 is 24.9 Å². The molecular formula is C16H26O5. The SMILES string of the molecule is COC(=O)C1=CC2C(C(C)CO)CCC(O)(CO)C2CC1. The minimum absolute atomic E-state index is 0.000833. The van der Waals surface area contributed by atoms with E-state index in [1.807, 2.05) is 13.0 Å². The first-order valence-electron chi connectivity index (χ1n) is 7.70. The Morgan fingerprint density at radius 1 is 1.48 bits per heavy atom. The molecule has 2 rings (SSSR count). The zero-order chi connectivity index (χ0) is 15.6. The van der Waals surface area contributed by atoms with E-state index in [-0.39, 0.29) is 42.9 Å². The molecular weight excluding hydrogens is 272 g/mol. The lowest BCUT2D eigenvalue weighted by Gasteiger charge is -2.50. The second kappa shape index (κ2) is 6.46. The highest BCUT2D eigenvalue weighted by Crippen LogP contribution is 2.49. The third-order valence-electron chi connectivity index (χ3n) is 5.42. The number of allylic oxidation sites excluding steroid dienone is 1. The van der Waals surface area contributed by atoms with Crippen LogP contribution in [0.1, 0.15) is 32.6 Å². The van der Waals surface area contributed by atoms with Crippen LogP contribution in [0, 0.1) is 23.7 Å². The van der Waals surface area contributed by atoms with Crippen molar-refractivity contribution in [2.45, 2.75) is 38.2 Å². The normalized spacial score (nSPS) is 37.4. The summed E-state index contributed by atoms with van der Waals surface area (Å²) in [6.45, 7) is 1.83. The molecule has 0 spiro atoms. The topological polar surface area (TPSA) is 87.0 Å². The van der Waals surface area contributed by atoms with Gasteiger partial charge in [-0.15, -0.1) is 0 Å². The monoisotopic (exact) mass is 298 g/mol. The van der Waals surface area contributed by atoms with Crippen molar-refractivity contribution in [1.29, 1.82) is 0 Å². The van der Waals surface area contributed by atoms with Gasteiger partial charge in [-0.3, -0.25) is 0 Å². The summed E-state index contributed by atoms with van der Waals surface area (Å²) in [5, 5.41) is 29.7. The summed E-state index contributed by atoms with van der Waals surface area (Å²) >= 11 is 0. The number of methoxy groups -OCH3 is 1. The van der Waals surface area contributed by atoms with Crippen LogP contribution in [-0.2, 0) is 9.53 Å². The Kier molecular flexibility index (Phi) is 5.07. The quantitative estimate of drug-likeness (QED) is 0.671. The van der Waals surface area contributed by atoms with Crippen LogP contribution in [0.5, 0.6) is 0 Å². The molecule has 0 heterocycles. The molecule has 3 N–H and O–H groups in total. The van der Waals surface area contributed by atoms with Crippen LogP contribution >= 0.6 is 0 Å². The lowest BCUT2D eigenvalue weighted by atomic mass is 9.58. The number of fused-ring (bicyclic) bond motifs is 1. The Morgan fingerprint density at radius 2 is 2.19 bits per heavy atom. The highest BCUT2D eigenvalue weighted by molar-refractivity contribution is 5.88. The zero-order valence-electron chi connectivity index (χ0n) is 12.8. The van der Waals surface area contributed by atoms with E-state index in [9.17, 15) is 20.1 Å². The smallest absolute Gasteiger partial charge is 0.333 e. The number of aliphatic hydroxyl groups excluding tert-OH is 2. The molecule has 0 radical (unpaired) electrons. The summed E-state index contributed by atoms with van der Waals surface area (Å²) in [7, 11) is 1.37. The van der Waals surface area contributed by atoms with Gasteiger partial charge in [0, 0.05) is 12.2 Å². The molecule has 120 valence electrons. The van der Waals surface area contributed by atoms with E-state index in [1.54, 1.807) is 0 Å². The Bertz CT molecular complexity index is 419. The van der Waals surface area contributed by atoms with Gasteiger partial charge in [0.1, 0.15) is 0 Å². The van der Waals surface area contributed by atoms with E-state index in [2.05, 4.69) is 0 Å². The average molecular weight is 298 g/mol. The first kappa shape index (κ1) is 16.5. The van der Waals surface area contributed by atoms with Crippen molar-refractivity contribution in [1.82, 2.24) is 0 Å². The Labute approximate surface area is 125 Å². The van der Waals surface area contributed by atoms with E-state index < -0.39 is 5.60 Å². The van der Waals surface area contributed by atoms with E-state index in [0.717, 1.165) is 6.42 Å². The van der Waals surface area contributed by atoms with E-state index >= 15 is 0 Å². The summed E-state index contributed by atoms with van der Waals surface area (Å²) in [6.07, 6.45) is 4.43. The highest BCUT2D eigenvalue weighted by Gasteiger charge is 2.49. The van der Waals surface area contributed by atoms with Crippen LogP contribution in [0.25, 0.3) is 0 Å². The average Bonchev–Trinajstić information content (AvgIpc) is 2.53. The second-order valence-corrected chi connectivity index (χ2v) is 6.53. The molecule has 1 saturated carbocycles. The third kappa shape index (κ3) is 3.00. The van der Waals surface area contributed by atoms with Crippen molar-refractivity contribution in [2.24, 2.45) is 23.7 Å². The van der Waals surface area contributed by atoms with Crippen LogP contribution in [0.4, 0.5) is 0 Å². The van der Waals surface area contributed by atoms with E-state index in [1.165, 1.54) is 7.11 Å². The fourth-order valence-electron chi connectivity index (χ4n) is 4.08. The summed E-state index contributed by atoms with van der Waals surface area (Å²) in [6, 6.07) is 0. The molecule has 0 bridgehead atoms. The van der Waals surface area contributed by atoms with Gasteiger partial charge in [-0.1, -0.05) is 13.0 Å². The molecule has 0 aromatic carbocycles. The number of carbonyl (C=O) groups excluding carboxylic acids is 1. The first-order chi connectivity index (χ1) is 9.96. The number of esters is 1. The molecule has 0 amide bonds. The van der Waals surface area contributed by atoms with Gasteiger partial charge in [0.15, 0.2) is 0 Å². The van der Waals surface area contributed by atoms with Crippen LogP contribution in [0.2, 0.25) is 0 Å². The summed E-state index contributed by atoms with van der Waals surface area (Å²) in [4.78, 5) is 11.8. The maximum absolute atomic E-state index is 11.8. The molecule has 21 heavy (non-hydrogen) atoms. The van der Waals surface area contributed by atoms with Crippen molar-refractivity contribution in [2.75, 3.05) is 20.3 Å². The zero-order valence-corrected chi connectivity index (χ0v) is 12.8. The summed E-state index contributed by atoms with van der Waals surface area (Å²) in [5.74, 6) is -0.0627. The van der Waals surface area contributed by atoms with Crippen LogP contribution in [0.3, 0.4) is 0 Å².